The van der Waals surface area contributed by atoms with Gasteiger partial charge < -0.3 is 14.9 Å². The predicted octanol–water partition coefficient (Wildman–Crippen LogP) is 3.97. The minimum atomic E-state index is -1.07. The van der Waals surface area contributed by atoms with Gasteiger partial charge in [-0.2, -0.15) is 0 Å². The van der Waals surface area contributed by atoms with Gasteiger partial charge in [0, 0.05) is 12.0 Å². The zero-order valence-corrected chi connectivity index (χ0v) is 21.9. The Morgan fingerprint density at radius 2 is 2.00 bits per heavy atom. The third-order valence-electron chi connectivity index (χ3n) is 6.69. The summed E-state index contributed by atoms with van der Waals surface area (Å²) >= 11 is 7.41. The van der Waals surface area contributed by atoms with Crippen molar-refractivity contribution < 1.29 is 19.3 Å². The summed E-state index contributed by atoms with van der Waals surface area (Å²) in [6.45, 7) is 3.42. The van der Waals surface area contributed by atoms with Crippen LogP contribution in [-0.2, 0) is 4.74 Å². The third kappa shape index (κ3) is 4.37. The van der Waals surface area contributed by atoms with E-state index in [-0.39, 0.29) is 11.4 Å². The van der Waals surface area contributed by atoms with Gasteiger partial charge in [0.25, 0.3) is 0 Å². The van der Waals surface area contributed by atoms with Gasteiger partial charge in [0.15, 0.2) is 5.82 Å². The molecule has 3 aromatic heterocycles. The second kappa shape index (κ2) is 9.79. The van der Waals surface area contributed by atoms with E-state index in [0.29, 0.717) is 22.9 Å². The van der Waals surface area contributed by atoms with Crippen molar-refractivity contribution in [3.8, 4) is 16.9 Å². The van der Waals surface area contributed by atoms with E-state index >= 15 is 0 Å². The molecule has 4 unspecified atom stereocenters. The number of rotatable bonds is 5. The fraction of sp³-hybridized carbons (Fsp3) is 0.320. The number of nitrogens with zero attached hydrogens (tertiary/aromatic N) is 7. The number of ether oxygens (including phenoxy) is 1. The summed E-state index contributed by atoms with van der Waals surface area (Å²) in [5.74, 6) is 0.644. The lowest BCUT2D eigenvalue weighted by Crippen LogP contribution is -2.45. The molecule has 1 aliphatic heterocycles. The van der Waals surface area contributed by atoms with Crippen LogP contribution in [0.3, 0.4) is 0 Å². The monoisotopic (exact) mass is 555 g/mol. The molecule has 0 amide bonds. The van der Waals surface area contributed by atoms with Crippen molar-refractivity contribution in [1.82, 2.24) is 34.7 Å². The summed E-state index contributed by atoms with van der Waals surface area (Å²) < 4.78 is 24.6. The lowest BCUT2D eigenvalue weighted by Gasteiger charge is -2.38. The number of hydrogen-bond acceptors (Lipinski definition) is 9. The Morgan fingerprint density at radius 1 is 1.16 bits per heavy atom. The predicted molar refractivity (Wildman–Crippen MR) is 139 cm³/mol. The first kappa shape index (κ1) is 25.0. The van der Waals surface area contributed by atoms with Crippen molar-refractivity contribution >= 4 is 33.2 Å². The van der Waals surface area contributed by atoms with Crippen LogP contribution in [0.4, 0.5) is 4.39 Å². The molecule has 10 nitrogen and oxygen atoms in total. The molecule has 2 N–H and O–H groups in total. The molecule has 0 spiro atoms. The van der Waals surface area contributed by atoms with Crippen LogP contribution in [0.1, 0.15) is 35.2 Å². The first-order valence-electron chi connectivity index (χ1n) is 11.9. The number of benzene rings is 2. The summed E-state index contributed by atoms with van der Waals surface area (Å²) in [6.07, 6.45) is -0.654. The number of aliphatic hydroxyl groups is 2. The van der Waals surface area contributed by atoms with Crippen LogP contribution in [0.2, 0.25) is 5.02 Å². The number of aliphatic hydroxyl groups excluding tert-OH is 2. The van der Waals surface area contributed by atoms with Crippen LogP contribution in [0.15, 0.2) is 42.6 Å². The first-order valence-corrected chi connectivity index (χ1v) is 13.1. The third-order valence-corrected chi connectivity index (χ3v) is 7.93. The molecule has 0 bridgehead atoms. The molecule has 2 aromatic carbocycles. The molecule has 13 heteroatoms. The quantitative estimate of drug-likeness (QED) is 0.334. The maximum atomic E-state index is 14.0. The van der Waals surface area contributed by atoms with E-state index < -0.39 is 36.8 Å². The standard InChI is InChI=1S/C25H23ClFN7O3S/c1-12-29-31-25(34(12)15-4-6-18-23(8-15)38-13(2)28-18)21-9-20(24(36)22(11-35)37-21)33-10-19(30-32-33)14-3-5-16(26)17(27)7-14/h3-8,10,20-22,24,35-36H,9,11H2,1-2H3. The fourth-order valence-corrected chi connectivity index (χ4v) is 5.81. The Kier molecular flexibility index (Phi) is 6.44. The number of fused-ring (bicyclic) bond motifs is 1. The van der Waals surface area contributed by atoms with Crippen LogP contribution < -0.4 is 0 Å². The highest BCUT2D eigenvalue weighted by Gasteiger charge is 2.41. The Balaban J connectivity index is 1.35. The molecule has 1 fully saturated rings. The number of aromatic nitrogens is 7. The van der Waals surface area contributed by atoms with E-state index in [0.717, 1.165) is 20.9 Å². The van der Waals surface area contributed by atoms with Crippen LogP contribution in [-0.4, -0.2) is 63.8 Å². The molecule has 5 aromatic rings. The number of halogens is 2. The van der Waals surface area contributed by atoms with E-state index in [1.54, 1.807) is 23.6 Å². The largest absolute Gasteiger partial charge is 0.394 e. The van der Waals surface area contributed by atoms with Crippen molar-refractivity contribution in [2.75, 3.05) is 6.61 Å². The van der Waals surface area contributed by atoms with E-state index in [2.05, 4.69) is 25.5 Å². The molecule has 6 rings (SSSR count). The van der Waals surface area contributed by atoms with E-state index in [1.807, 2.05) is 36.6 Å². The van der Waals surface area contributed by atoms with Gasteiger partial charge in [0.2, 0.25) is 0 Å². The normalized spacial score (nSPS) is 21.8. The zero-order chi connectivity index (χ0) is 26.6. The van der Waals surface area contributed by atoms with Crippen molar-refractivity contribution in [1.29, 1.82) is 0 Å². The molecule has 1 aliphatic rings. The molecule has 4 heterocycles. The van der Waals surface area contributed by atoms with Crippen LogP contribution in [0.5, 0.6) is 0 Å². The van der Waals surface area contributed by atoms with Crippen LogP contribution in [0, 0.1) is 19.7 Å². The highest BCUT2D eigenvalue weighted by Crippen LogP contribution is 2.38. The molecule has 1 saturated heterocycles. The minimum absolute atomic E-state index is 0.0126. The molecule has 196 valence electrons. The fourth-order valence-electron chi connectivity index (χ4n) is 4.84. The van der Waals surface area contributed by atoms with E-state index in [1.165, 1.54) is 16.8 Å². The summed E-state index contributed by atoms with van der Waals surface area (Å²) in [5, 5.41) is 39.1. The topological polar surface area (TPSA) is 124 Å². The van der Waals surface area contributed by atoms with E-state index in [4.69, 9.17) is 16.3 Å². The van der Waals surface area contributed by atoms with Gasteiger partial charge in [0.1, 0.15) is 35.6 Å². The molecule has 38 heavy (non-hydrogen) atoms. The SMILES string of the molecule is Cc1nc2ccc(-n3c(C)nnc3C3CC(n4cc(-c5ccc(Cl)c(F)c5)nn4)C(O)C(CO)O3)cc2s1. The Hall–Kier alpha value is -3.29. The van der Waals surface area contributed by atoms with Gasteiger partial charge in [-0.25, -0.2) is 14.1 Å². The first-order chi connectivity index (χ1) is 18.3. The van der Waals surface area contributed by atoms with Gasteiger partial charge in [-0.1, -0.05) is 22.9 Å². The number of hydrogen-bond donors (Lipinski definition) is 2. The second-order valence-electron chi connectivity index (χ2n) is 9.18. The summed E-state index contributed by atoms with van der Waals surface area (Å²) in [7, 11) is 0. The smallest absolute Gasteiger partial charge is 0.166 e. The molecule has 4 atom stereocenters. The Morgan fingerprint density at radius 3 is 2.79 bits per heavy atom. The van der Waals surface area contributed by atoms with E-state index in [9.17, 15) is 14.6 Å². The molecular weight excluding hydrogens is 533 g/mol. The van der Waals surface area contributed by atoms with Gasteiger partial charge in [-0.3, -0.25) is 4.57 Å². The summed E-state index contributed by atoms with van der Waals surface area (Å²) in [5.41, 5.74) is 2.70. The summed E-state index contributed by atoms with van der Waals surface area (Å²) in [4.78, 5) is 4.53. The minimum Gasteiger partial charge on any atom is -0.394 e. The summed E-state index contributed by atoms with van der Waals surface area (Å²) in [6, 6.07) is 9.73. The number of aryl methyl sites for hydroxylation is 2. The Labute approximate surface area is 225 Å². The van der Waals surface area contributed by atoms with Crippen molar-refractivity contribution in [3.05, 3.63) is 70.1 Å². The van der Waals surface area contributed by atoms with Gasteiger partial charge >= 0.3 is 0 Å². The highest BCUT2D eigenvalue weighted by atomic mass is 35.5. The highest BCUT2D eigenvalue weighted by molar-refractivity contribution is 7.18. The van der Waals surface area contributed by atoms with Crippen molar-refractivity contribution in [2.24, 2.45) is 0 Å². The lowest BCUT2D eigenvalue weighted by atomic mass is 9.95. The second-order valence-corrected chi connectivity index (χ2v) is 10.8. The molecular formula is C25H23ClFN7O3S. The zero-order valence-electron chi connectivity index (χ0n) is 20.4. The van der Waals surface area contributed by atoms with Crippen LogP contribution >= 0.6 is 22.9 Å². The maximum absolute atomic E-state index is 14.0. The number of thiazole rings is 1. The average molecular weight is 556 g/mol. The van der Waals surface area contributed by atoms with Gasteiger partial charge in [-0.15, -0.1) is 26.6 Å². The van der Waals surface area contributed by atoms with Crippen molar-refractivity contribution in [3.63, 3.8) is 0 Å². The van der Waals surface area contributed by atoms with Crippen LogP contribution in [0.25, 0.3) is 27.2 Å². The Bertz CT molecular complexity index is 1640. The molecule has 0 saturated carbocycles. The maximum Gasteiger partial charge on any atom is 0.166 e. The molecule has 0 radical (unpaired) electrons. The van der Waals surface area contributed by atoms with Gasteiger partial charge in [-0.05, 0) is 44.2 Å². The van der Waals surface area contributed by atoms with Gasteiger partial charge in [0.05, 0.1) is 44.8 Å². The van der Waals surface area contributed by atoms with Crippen molar-refractivity contribution in [2.45, 2.75) is 44.6 Å². The average Bonchev–Trinajstić information content (AvgIpc) is 3.63. The molecule has 0 aliphatic carbocycles. The lowest BCUT2D eigenvalue weighted by molar-refractivity contribution is -0.161.